The van der Waals surface area contributed by atoms with Crippen molar-refractivity contribution in [3.63, 3.8) is 0 Å². The minimum absolute atomic E-state index is 0.0508. The third-order valence-corrected chi connectivity index (χ3v) is 8.20. The summed E-state index contributed by atoms with van der Waals surface area (Å²) in [4.78, 5) is 33.1. The Hall–Kier alpha value is -3.44. The molecule has 1 aliphatic heterocycles. The summed E-state index contributed by atoms with van der Waals surface area (Å²) in [5.41, 5.74) is 2.71. The molecule has 1 saturated heterocycles. The zero-order valence-corrected chi connectivity index (χ0v) is 22.8. The van der Waals surface area contributed by atoms with Gasteiger partial charge in [-0.2, -0.15) is 13.2 Å². The number of anilines is 1. The fourth-order valence-electron chi connectivity index (χ4n) is 5.09. The number of thioether (sulfide) groups is 1. The molecule has 2 aliphatic rings. The zero-order chi connectivity index (χ0) is 28.5. The molecule has 3 heterocycles. The molecule has 7 nitrogen and oxygen atoms in total. The summed E-state index contributed by atoms with van der Waals surface area (Å²) in [6.07, 6.45) is -1.82. The van der Waals surface area contributed by atoms with Gasteiger partial charge < -0.3 is 14.8 Å². The average Bonchev–Trinajstić information content (AvgIpc) is 3.69. The van der Waals surface area contributed by atoms with Crippen molar-refractivity contribution in [2.24, 2.45) is 5.92 Å². The second-order valence-electron chi connectivity index (χ2n) is 9.97. The van der Waals surface area contributed by atoms with Gasteiger partial charge in [0.2, 0.25) is 0 Å². The molecule has 2 atom stereocenters. The van der Waals surface area contributed by atoms with Gasteiger partial charge >= 0.3 is 12.1 Å². The monoisotopic (exact) mass is 571 g/mol. The lowest BCUT2D eigenvalue weighted by Crippen LogP contribution is -2.23. The predicted octanol–water partition coefficient (Wildman–Crippen LogP) is 6.06. The lowest BCUT2D eigenvalue weighted by atomic mass is 9.91. The number of aromatic nitrogens is 2. The van der Waals surface area contributed by atoms with Gasteiger partial charge in [0.25, 0.3) is 5.91 Å². The number of alkyl halides is 3. The number of nitrogens with one attached hydrogen (secondary N) is 1. The molecular formula is C29H28F3N3O4S. The molecule has 2 unspecified atom stereocenters. The van der Waals surface area contributed by atoms with E-state index in [1.807, 2.05) is 19.1 Å². The van der Waals surface area contributed by atoms with Crippen LogP contribution in [0, 0.1) is 12.8 Å². The van der Waals surface area contributed by atoms with E-state index in [9.17, 15) is 22.8 Å². The number of hydrogen-bond donors (Lipinski definition) is 1. The van der Waals surface area contributed by atoms with Gasteiger partial charge in [0, 0.05) is 35.2 Å². The Balaban J connectivity index is 1.45. The maximum Gasteiger partial charge on any atom is 0.433 e. The highest BCUT2D eigenvalue weighted by atomic mass is 32.2. The van der Waals surface area contributed by atoms with Crippen LogP contribution in [0.15, 0.2) is 53.7 Å². The highest BCUT2D eigenvalue weighted by Gasteiger charge is 2.57. The SMILES string of the molecule is CCOC(=O)CSc1cc(-c2cc(NC(=O)c3ccnc(C(F)(F)F)c3)ccc2C)cc(C23CCOCC2C3)n1. The standard InChI is InChI=1S/C29H28F3N3O4S/c1-3-39-26(36)16-40-25-12-19(11-23(35-25)28-7-9-38-15-20(28)14-28)22-13-21(5-4-17(22)2)34-27(37)18-6-8-33-24(10-18)29(30,31)32/h4-6,8,10-13,20H,3,7,9,14-16H2,1-2H3,(H,34,37). The van der Waals surface area contributed by atoms with Gasteiger partial charge in [-0.25, -0.2) is 4.98 Å². The van der Waals surface area contributed by atoms with Crippen LogP contribution in [0.25, 0.3) is 11.1 Å². The number of carbonyl (C=O) groups excluding carboxylic acids is 2. The van der Waals surface area contributed by atoms with Crippen LogP contribution in [-0.2, 0) is 25.9 Å². The molecule has 40 heavy (non-hydrogen) atoms. The lowest BCUT2D eigenvalue weighted by molar-refractivity contribution is -0.141. The molecule has 0 bridgehead atoms. The van der Waals surface area contributed by atoms with Crippen LogP contribution in [0.1, 0.15) is 47.1 Å². The van der Waals surface area contributed by atoms with Gasteiger partial charge in [0.1, 0.15) is 5.69 Å². The Kier molecular flexibility index (Phi) is 7.87. The molecule has 1 amide bonds. The van der Waals surface area contributed by atoms with E-state index in [-0.39, 0.29) is 22.7 Å². The number of hydrogen-bond acceptors (Lipinski definition) is 7. The topological polar surface area (TPSA) is 90.4 Å². The van der Waals surface area contributed by atoms with E-state index in [0.29, 0.717) is 36.5 Å². The van der Waals surface area contributed by atoms with Crippen molar-refractivity contribution in [2.45, 2.75) is 43.3 Å². The number of esters is 1. The first-order chi connectivity index (χ1) is 19.1. The van der Waals surface area contributed by atoms with Crippen molar-refractivity contribution in [1.29, 1.82) is 0 Å². The summed E-state index contributed by atoms with van der Waals surface area (Å²) < 4.78 is 50.0. The van der Waals surface area contributed by atoms with E-state index in [1.54, 1.807) is 19.1 Å². The van der Waals surface area contributed by atoms with E-state index >= 15 is 0 Å². The van der Waals surface area contributed by atoms with Crippen molar-refractivity contribution < 1.29 is 32.2 Å². The molecule has 3 aromatic rings. The Bertz CT molecular complexity index is 1450. The zero-order valence-electron chi connectivity index (χ0n) is 22.0. The number of fused-ring (bicyclic) bond motifs is 1. The van der Waals surface area contributed by atoms with E-state index in [1.165, 1.54) is 17.8 Å². The van der Waals surface area contributed by atoms with Gasteiger partial charge in [0.05, 0.1) is 24.0 Å². The van der Waals surface area contributed by atoms with Crippen molar-refractivity contribution in [3.8, 4) is 11.1 Å². The maximum absolute atomic E-state index is 13.1. The summed E-state index contributed by atoms with van der Waals surface area (Å²) in [5.74, 6) is -0.462. The van der Waals surface area contributed by atoms with Crippen LogP contribution in [-0.4, -0.2) is 47.4 Å². The fraction of sp³-hybridized carbons (Fsp3) is 0.379. The minimum Gasteiger partial charge on any atom is -0.465 e. The van der Waals surface area contributed by atoms with Crippen LogP contribution < -0.4 is 5.32 Å². The summed E-state index contributed by atoms with van der Waals surface area (Å²) in [6, 6.07) is 11.3. The van der Waals surface area contributed by atoms with E-state index in [4.69, 9.17) is 14.5 Å². The first-order valence-electron chi connectivity index (χ1n) is 12.9. The molecule has 1 aromatic carbocycles. The van der Waals surface area contributed by atoms with Gasteiger partial charge in [-0.05, 0) is 85.7 Å². The van der Waals surface area contributed by atoms with Crippen LogP contribution in [0.4, 0.5) is 18.9 Å². The summed E-state index contributed by atoms with van der Waals surface area (Å²) >= 11 is 1.31. The number of benzene rings is 1. The second-order valence-corrected chi connectivity index (χ2v) is 11.0. The molecule has 1 saturated carbocycles. The van der Waals surface area contributed by atoms with Crippen LogP contribution in [0.3, 0.4) is 0 Å². The smallest absolute Gasteiger partial charge is 0.433 e. The molecule has 0 spiro atoms. The molecule has 210 valence electrons. The summed E-state index contributed by atoms with van der Waals surface area (Å²) in [6.45, 7) is 5.37. The van der Waals surface area contributed by atoms with Crippen LogP contribution in [0.5, 0.6) is 0 Å². The van der Waals surface area contributed by atoms with Crippen LogP contribution in [0.2, 0.25) is 0 Å². The normalized spacial score (nSPS) is 20.0. The van der Waals surface area contributed by atoms with Gasteiger partial charge in [0.15, 0.2) is 0 Å². The van der Waals surface area contributed by atoms with E-state index < -0.39 is 17.8 Å². The molecule has 5 rings (SSSR count). The van der Waals surface area contributed by atoms with Crippen molar-refractivity contribution in [2.75, 3.05) is 30.9 Å². The quantitative estimate of drug-likeness (QED) is 0.260. The van der Waals surface area contributed by atoms with Crippen molar-refractivity contribution in [3.05, 3.63) is 71.2 Å². The van der Waals surface area contributed by atoms with Gasteiger partial charge in [-0.15, -0.1) is 0 Å². The Morgan fingerprint density at radius 3 is 2.77 bits per heavy atom. The van der Waals surface area contributed by atoms with Crippen molar-refractivity contribution in [1.82, 2.24) is 9.97 Å². The summed E-state index contributed by atoms with van der Waals surface area (Å²) in [7, 11) is 0. The molecule has 1 N–H and O–H groups in total. The third kappa shape index (κ3) is 6.00. The fourth-order valence-corrected chi connectivity index (χ4v) is 5.82. The number of halogens is 3. The predicted molar refractivity (Wildman–Crippen MR) is 144 cm³/mol. The number of nitrogens with zero attached hydrogens (tertiary/aromatic N) is 2. The van der Waals surface area contributed by atoms with Gasteiger partial charge in [-0.1, -0.05) is 17.8 Å². The summed E-state index contributed by atoms with van der Waals surface area (Å²) in [5, 5.41) is 3.40. The molecule has 11 heteroatoms. The third-order valence-electron chi connectivity index (χ3n) is 7.32. The second kappa shape index (κ2) is 11.2. The van der Waals surface area contributed by atoms with Crippen molar-refractivity contribution >= 4 is 29.3 Å². The van der Waals surface area contributed by atoms with E-state index in [2.05, 4.69) is 16.4 Å². The number of ether oxygens (including phenoxy) is 2. The number of aryl methyl sites for hydroxylation is 1. The number of pyridine rings is 2. The van der Waals surface area contributed by atoms with Gasteiger partial charge in [-0.3, -0.25) is 14.6 Å². The maximum atomic E-state index is 13.1. The number of rotatable bonds is 8. The highest BCUT2D eigenvalue weighted by Crippen LogP contribution is 2.58. The number of carbonyl (C=O) groups is 2. The largest absolute Gasteiger partial charge is 0.465 e. The Morgan fingerprint density at radius 2 is 2.02 bits per heavy atom. The first-order valence-corrected chi connectivity index (χ1v) is 13.9. The molecule has 2 aromatic heterocycles. The van der Waals surface area contributed by atoms with E-state index in [0.717, 1.165) is 47.5 Å². The first kappa shape index (κ1) is 28.1. The molecular weight excluding hydrogens is 543 g/mol. The molecule has 1 aliphatic carbocycles. The Morgan fingerprint density at radius 1 is 1.20 bits per heavy atom. The molecule has 0 radical (unpaired) electrons. The Labute approximate surface area is 233 Å². The highest BCUT2D eigenvalue weighted by molar-refractivity contribution is 7.99. The minimum atomic E-state index is -4.65. The number of amides is 1. The van der Waals surface area contributed by atoms with Crippen LogP contribution >= 0.6 is 11.8 Å². The molecule has 2 fully saturated rings. The lowest BCUT2D eigenvalue weighted by Gasteiger charge is -2.23. The average molecular weight is 572 g/mol.